The highest BCUT2D eigenvalue weighted by Crippen LogP contribution is 2.56. The van der Waals surface area contributed by atoms with E-state index in [0.717, 1.165) is 18.5 Å². The van der Waals surface area contributed by atoms with E-state index in [2.05, 4.69) is 30.0 Å². The number of hydrogen-bond acceptors (Lipinski definition) is 7. The summed E-state index contributed by atoms with van der Waals surface area (Å²) in [6.45, 7) is 4.31. The molecule has 0 bridgehead atoms. The Balaban J connectivity index is 2.34. The van der Waals surface area contributed by atoms with Crippen molar-refractivity contribution in [2.24, 2.45) is 17.1 Å². The standard InChI is InChI=1S/C23H25N5O2/c1-4-9-28-10-8-15-17(11-24)22(27)23(13-25,14-26)20(18(15)12-28)16-6-5-7-19(29-2)21(16)30-3/h5-8,18,20H,4,9-10,12,27H2,1-3H3/t18-,20+/m1/s1. The molecule has 2 aliphatic rings. The molecule has 2 N–H and O–H groups in total. The predicted molar refractivity (Wildman–Crippen MR) is 111 cm³/mol. The largest absolute Gasteiger partial charge is 0.493 e. The van der Waals surface area contributed by atoms with Crippen LogP contribution < -0.4 is 15.2 Å². The van der Waals surface area contributed by atoms with Crippen LogP contribution in [0, 0.1) is 45.3 Å². The van der Waals surface area contributed by atoms with Crippen molar-refractivity contribution in [2.75, 3.05) is 33.9 Å². The number of nitriles is 3. The Bertz CT molecular complexity index is 1010. The number of allylic oxidation sites excluding steroid dienone is 2. The molecule has 0 amide bonds. The van der Waals surface area contributed by atoms with Gasteiger partial charge < -0.3 is 15.2 Å². The van der Waals surface area contributed by atoms with Crippen LogP contribution in [0.4, 0.5) is 0 Å². The number of ether oxygens (including phenoxy) is 2. The maximum Gasteiger partial charge on any atom is 0.191 e. The minimum absolute atomic E-state index is 0.0105. The van der Waals surface area contributed by atoms with Crippen LogP contribution in [0.1, 0.15) is 24.8 Å². The summed E-state index contributed by atoms with van der Waals surface area (Å²) < 4.78 is 11.1. The van der Waals surface area contributed by atoms with Gasteiger partial charge in [0.05, 0.1) is 37.6 Å². The molecule has 0 aromatic heterocycles. The van der Waals surface area contributed by atoms with Crippen molar-refractivity contribution in [3.05, 3.63) is 46.7 Å². The highest BCUT2D eigenvalue weighted by Gasteiger charge is 2.55. The quantitative estimate of drug-likeness (QED) is 0.803. The molecule has 7 heteroatoms. The number of hydrogen-bond donors (Lipinski definition) is 1. The molecule has 2 atom stereocenters. The highest BCUT2D eigenvalue weighted by molar-refractivity contribution is 5.62. The molecule has 0 saturated carbocycles. The maximum absolute atomic E-state index is 10.2. The number of rotatable bonds is 5. The first kappa shape index (κ1) is 21.2. The van der Waals surface area contributed by atoms with E-state index < -0.39 is 11.3 Å². The lowest BCUT2D eigenvalue weighted by Gasteiger charge is -2.45. The first-order valence-corrected chi connectivity index (χ1v) is 9.89. The molecule has 1 aliphatic carbocycles. The van der Waals surface area contributed by atoms with Crippen molar-refractivity contribution in [3.8, 4) is 29.7 Å². The van der Waals surface area contributed by atoms with Crippen LogP contribution in [0.2, 0.25) is 0 Å². The average molecular weight is 403 g/mol. The Morgan fingerprint density at radius 1 is 1.20 bits per heavy atom. The number of nitrogens with two attached hydrogens (primary N) is 1. The Morgan fingerprint density at radius 2 is 1.93 bits per heavy atom. The molecule has 1 heterocycles. The van der Waals surface area contributed by atoms with Gasteiger partial charge in [0.25, 0.3) is 0 Å². The molecule has 3 rings (SSSR count). The Morgan fingerprint density at radius 3 is 2.50 bits per heavy atom. The summed E-state index contributed by atoms with van der Waals surface area (Å²) in [5.41, 5.74) is 6.41. The van der Waals surface area contributed by atoms with E-state index in [1.807, 2.05) is 18.2 Å². The third kappa shape index (κ3) is 3.07. The highest BCUT2D eigenvalue weighted by atomic mass is 16.5. The molecule has 0 fully saturated rings. The topological polar surface area (TPSA) is 119 Å². The van der Waals surface area contributed by atoms with Gasteiger partial charge in [-0.1, -0.05) is 25.1 Å². The Labute approximate surface area is 177 Å². The average Bonchev–Trinajstić information content (AvgIpc) is 2.78. The Hall–Kier alpha value is -3.47. The second kappa shape index (κ2) is 8.49. The molecule has 30 heavy (non-hydrogen) atoms. The fourth-order valence-electron chi connectivity index (χ4n) is 4.74. The van der Waals surface area contributed by atoms with Crippen LogP contribution in [0.25, 0.3) is 0 Å². The molecule has 0 spiro atoms. The van der Waals surface area contributed by atoms with Gasteiger partial charge in [0.2, 0.25) is 0 Å². The van der Waals surface area contributed by atoms with Crippen molar-refractivity contribution in [2.45, 2.75) is 19.3 Å². The molecule has 7 nitrogen and oxygen atoms in total. The summed E-state index contributed by atoms with van der Waals surface area (Å²) in [5.74, 6) is 0.119. The van der Waals surface area contributed by atoms with Gasteiger partial charge in [-0.25, -0.2) is 0 Å². The molecule has 1 aromatic rings. The molecular weight excluding hydrogens is 378 g/mol. The van der Waals surface area contributed by atoms with Crippen LogP contribution in [0.15, 0.2) is 41.1 Å². The first-order chi connectivity index (χ1) is 14.5. The number of fused-ring (bicyclic) bond motifs is 1. The van der Waals surface area contributed by atoms with Crippen LogP contribution in [-0.4, -0.2) is 38.8 Å². The summed E-state index contributed by atoms with van der Waals surface area (Å²) in [4.78, 5) is 2.27. The minimum atomic E-state index is -1.69. The van der Waals surface area contributed by atoms with E-state index in [4.69, 9.17) is 15.2 Å². The van der Waals surface area contributed by atoms with Gasteiger partial charge in [0.1, 0.15) is 6.07 Å². The third-order valence-corrected chi connectivity index (χ3v) is 6.05. The molecule has 1 aliphatic heterocycles. The fraction of sp³-hybridized carbons (Fsp3) is 0.435. The zero-order chi connectivity index (χ0) is 21.9. The zero-order valence-corrected chi connectivity index (χ0v) is 17.5. The Kier molecular flexibility index (Phi) is 6.01. The molecular formula is C23H25N5O2. The SMILES string of the molecule is CCCN1CC=C2C(C#N)=C(N)C(C#N)(C#N)[C@@H](c3cccc(OC)c3OC)[C@@H]2C1. The van der Waals surface area contributed by atoms with E-state index in [9.17, 15) is 15.8 Å². The molecule has 0 unspecified atom stereocenters. The smallest absolute Gasteiger partial charge is 0.191 e. The summed E-state index contributed by atoms with van der Waals surface area (Å²) >= 11 is 0. The zero-order valence-electron chi connectivity index (χ0n) is 17.5. The number of nitrogens with zero attached hydrogens (tertiary/aromatic N) is 4. The van der Waals surface area contributed by atoms with Gasteiger partial charge in [-0.15, -0.1) is 0 Å². The monoisotopic (exact) mass is 403 g/mol. The van der Waals surface area contributed by atoms with Gasteiger partial charge >= 0.3 is 0 Å². The summed E-state index contributed by atoms with van der Waals surface area (Å²) in [7, 11) is 3.08. The van der Waals surface area contributed by atoms with Gasteiger partial charge in [-0.05, 0) is 24.6 Å². The van der Waals surface area contributed by atoms with Crippen LogP contribution in [0.5, 0.6) is 11.5 Å². The minimum Gasteiger partial charge on any atom is -0.493 e. The van der Waals surface area contributed by atoms with E-state index in [1.54, 1.807) is 13.2 Å². The third-order valence-electron chi connectivity index (χ3n) is 6.05. The number of para-hydroxylation sites is 1. The molecule has 1 aromatic carbocycles. The van der Waals surface area contributed by atoms with Crippen LogP contribution in [0.3, 0.4) is 0 Å². The van der Waals surface area contributed by atoms with Crippen molar-refractivity contribution in [3.63, 3.8) is 0 Å². The number of benzene rings is 1. The van der Waals surface area contributed by atoms with Gasteiger partial charge in [0.15, 0.2) is 16.9 Å². The van der Waals surface area contributed by atoms with Crippen LogP contribution in [-0.2, 0) is 0 Å². The lowest BCUT2D eigenvalue weighted by atomic mass is 9.58. The predicted octanol–water partition coefficient (Wildman–Crippen LogP) is 2.84. The second-order valence-electron chi connectivity index (χ2n) is 7.52. The van der Waals surface area contributed by atoms with E-state index in [1.165, 1.54) is 7.11 Å². The van der Waals surface area contributed by atoms with Crippen molar-refractivity contribution in [1.82, 2.24) is 4.90 Å². The van der Waals surface area contributed by atoms with Gasteiger partial charge in [-0.2, -0.15) is 15.8 Å². The fourth-order valence-corrected chi connectivity index (χ4v) is 4.74. The van der Waals surface area contributed by atoms with Crippen molar-refractivity contribution in [1.29, 1.82) is 15.8 Å². The van der Waals surface area contributed by atoms with Crippen molar-refractivity contribution < 1.29 is 9.47 Å². The lowest BCUT2D eigenvalue weighted by molar-refractivity contribution is 0.204. The number of methoxy groups -OCH3 is 2. The summed E-state index contributed by atoms with van der Waals surface area (Å²) in [6, 6.07) is 11.9. The van der Waals surface area contributed by atoms with Gasteiger partial charge in [-0.3, -0.25) is 4.90 Å². The van der Waals surface area contributed by atoms with Gasteiger partial charge in [0, 0.05) is 30.5 Å². The van der Waals surface area contributed by atoms with E-state index in [-0.39, 0.29) is 17.2 Å². The normalized spacial score (nSPS) is 22.7. The first-order valence-electron chi connectivity index (χ1n) is 9.89. The lowest BCUT2D eigenvalue weighted by Crippen LogP contribution is -2.48. The molecule has 0 radical (unpaired) electrons. The van der Waals surface area contributed by atoms with E-state index in [0.29, 0.717) is 30.2 Å². The van der Waals surface area contributed by atoms with Crippen molar-refractivity contribution >= 4 is 0 Å². The van der Waals surface area contributed by atoms with E-state index >= 15 is 0 Å². The molecule has 154 valence electrons. The van der Waals surface area contributed by atoms with Crippen LogP contribution >= 0.6 is 0 Å². The molecule has 0 saturated heterocycles. The maximum atomic E-state index is 10.2. The summed E-state index contributed by atoms with van der Waals surface area (Å²) in [5, 5.41) is 30.2. The summed E-state index contributed by atoms with van der Waals surface area (Å²) in [6.07, 6.45) is 2.99. The second-order valence-corrected chi connectivity index (χ2v) is 7.52.